The summed E-state index contributed by atoms with van der Waals surface area (Å²) in [6.45, 7) is 1.66. The van der Waals surface area contributed by atoms with E-state index in [1.165, 1.54) is 0 Å². The number of benzene rings is 2. The third-order valence-corrected chi connectivity index (χ3v) is 4.49. The van der Waals surface area contributed by atoms with Crippen molar-refractivity contribution in [1.29, 1.82) is 0 Å². The fraction of sp³-hybridized carbons (Fsp3) is 0.263. The minimum absolute atomic E-state index is 0.0569. The summed E-state index contributed by atoms with van der Waals surface area (Å²) in [5.41, 5.74) is 2.11. The van der Waals surface area contributed by atoms with Gasteiger partial charge in [-0.05, 0) is 48.7 Å². The van der Waals surface area contributed by atoms with E-state index in [4.69, 9.17) is 11.6 Å². The smallest absolute Gasteiger partial charge is 0.253 e. The van der Waals surface area contributed by atoms with E-state index >= 15 is 0 Å². The van der Waals surface area contributed by atoms with Crippen LogP contribution in [0.4, 0.5) is 5.69 Å². The Labute approximate surface area is 146 Å². The molecule has 24 heavy (non-hydrogen) atoms. The van der Waals surface area contributed by atoms with Crippen molar-refractivity contribution < 1.29 is 9.59 Å². The van der Waals surface area contributed by atoms with Crippen molar-refractivity contribution >= 4 is 29.1 Å². The lowest BCUT2D eigenvalue weighted by atomic mass is 10.1. The van der Waals surface area contributed by atoms with Crippen LogP contribution in [-0.4, -0.2) is 29.8 Å². The molecular weight excluding hydrogens is 324 g/mol. The molecule has 1 N–H and O–H groups in total. The van der Waals surface area contributed by atoms with Gasteiger partial charge in [-0.2, -0.15) is 0 Å². The molecule has 0 aromatic heterocycles. The molecule has 1 heterocycles. The van der Waals surface area contributed by atoms with Crippen LogP contribution in [0.15, 0.2) is 48.5 Å². The van der Waals surface area contributed by atoms with Gasteiger partial charge >= 0.3 is 0 Å². The summed E-state index contributed by atoms with van der Waals surface area (Å²) >= 11 is 6.07. The Hall–Kier alpha value is -2.33. The molecule has 1 aliphatic heterocycles. The van der Waals surface area contributed by atoms with Crippen LogP contribution in [0.2, 0.25) is 5.02 Å². The fourth-order valence-electron chi connectivity index (χ4n) is 2.82. The maximum atomic E-state index is 12.3. The van der Waals surface area contributed by atoms with Crippen LogP contribution in [0.3, 0.4) is 0 Å². The first-order valence-corrected chi connectivity index (χ1v) is 8.44. The van der Waals surface area contributed by atoms with Crippen molar-refractivity contribution in [2.24, 2.45) is 0 Å². The van der Waals surface area contributed by atoms with E-state index in [0.29, 0.717) is 16.3 Å². The van der Waals surface area contributed by atoms with Gasteiger partial charge in [0, 0.05) is 29.4 Å². The first-order valence-electron chi connectivity index (χ1n) is 8.06. The quantitative estimate of drug-likeness (QED) is 0.919. The highest BCUT2D eigenvalue weighted by atomic mass is 35.5. The van der Waals surface area contributed by atoms with Gasteiger partial charge in [0.2, 0.25) is 5.91 Å². The Balaban J connectivity index is 1.60. The molecule has 2 aromatic rings. The predicted molar refractivity (Wildman–Crippen MR) is 95.4 cm³/mol. The van der Waals surface area contributed by atoms with Gasteiger partial charge in [0.05, 0.1) is 6.42 Å². The molecule has 0 saturated carbocycles. The zero-order chi connectivity index (χ0) is 16.9. The normalized spacial score (nSPS) is 13.8. The number of hydrogen-bond donors (Lipinski definition) is 1. The molecule has 3 rings (SSSR count). The van der Waals surface area contributed by atoms with Crippen molar-refractivity contribution in [3.8, 4) is 0 Å². The summed E-state index contributed by atoms with van der Waals surface area (Å²) in [5, 5.41) is 3.41. The first kappa shape index (κ1) is 16.5. The summed E-state index contributed by atoms with van der Waals surface area (Å²) in [4.78, 5) is 26.3. The molecule has 0 aliphatic carbocycles. The van der Waals surface area contributed by atoms with Crippen molar-refractivity contribution in [1.82, 2.24) is 4.90 Å². The van der Waals surface area contributed by atoms with Crippen LogP contribution < -0.4 is 5.32 Å². The Morgan fingerprint density at radius 2 is 1.67 bits per heavy atom. The third-order valence-electron chi connectivity index (χ3n) is 4.12. The van der Waals surface area contributed by atoms with Crippen molar-refractivity contribution in [2.75, 3.05) is 18.4 Å². The van der Waals surface area contributed by atoms with E-state index in [1.54, 1.807) is 30.3 Å². The number of rotatable bonds is 4. The molecule has 1 saturated heterocycles. The summed E-state index contributed by atoms with van der Waals surface area (Å²) < 4.78 is 0. The minimum Gasteiger partial charge on any atom is -0.339 e. The van der Waals surface area contributed by atoms with E-state index in [1.807, 2.05) is 23.1 Å². The lowest BCUT2D eigenvalue weighted by molar-refractivity contribution is -0.115. The van der Waals surface area contributed by atoms with Crippen LogP contribution in [0.1, 0.15) is 28.8 Å². The van der Waals surface area contributed by atoms with Crippen molar-refractivity contribution in [3.05, 3.63) is 64.7 Å². The summed E-state index contributed by atoms with van der Waals surface area (Å²) in [6, 6.07) is 14.3. The number of nitrogens with zero attached hydrogens (tertiary/aromatic N) is 1. The standard InChI is InChI=1S/C19H19ClN2O2/c20-17-6-2-1-5-15(17)13-18(23)21-16-9-7-14(8-10-16)19(24)22-11-3-4-12-22/h1-2,5-10H,3-4,11-13H2,(H,21,23). The number of halogens is 1. The molecule has 0 atom stereocenters. The zero-order valence-electron chi connectivity index (χ0n) is 13.3. The number of carbonyl (C=O) groups is 2. The highest BCUT2D eigenvalue weighted by Gasteiger charge is 2.19. The minimum atomic E-state index is -0.137. The number of anilines is 1. The summed E-state index contributed by atoms with van der Waals surface area (Å²) in [6.07, 6.45) is 2.36. The predicted octanol–water partition coefficient (Wildman–Crippen LogP) is 3.76. The monoisotopic (exact) mass is 342 g/mol. The molecular formula is C19H19ClN2O2. The van der Waals surface area contributed by atoms with Gasteiger partial charge in [-0.15, -0.1) is 0 Å². The topological polar surface area (TPSA) is 49.4 Å². The lowest BCUT2D eigenvalue weighted by Crippen LogP contribution is -2.27. The molecule has 0 bridgehead atoms. The zero-order valence-corrected chi connectivity index (χ0v) is 14.1. The van der Waals surface area contributed by atoms with Gasteiger partial charge in [0.25, 0.3) is 5.91 Å². The lowest BCUT2D eigenvalue weighted by Gasteiger charge is -2.15. The molecule has 5 heteroatoms. The highest BCUT2D eigenvalue weighted by molar-refractivity contribution is 6.31. The Bertz CT molecular complexity index is 737. The van der Waals surface area contributed by atoms with Crippen LogP contribution in [0.5, 0.6) is 0 Å². The van der Waals surface area contributed by atoms with E-state index < -0.39 is 0 Å². The summed E-state index contributed by atoms with van der Waals surface area (Å²) in [5.74, 6) is -0.0804. The molecule has 4 nitrogen and oxygen atoms in total. The number of hydrogen-bond acceptors (Lipinski definition) is 2. The number of nitrogens with one attached hydrogen (secondary N) is 1. The maximum absolute atomic E-state index is 12.3. The van der Waals surface area contributed by atoms with Gasteiger partial charge in [-0.1, -0.05) is 29.8 Å². The van der Waals surface area contributed by atoms with Gasteiger partial charge in [-0.25, -0.2) is 0 Å². The summed E-state index contributed by atoms with van der Waals surface area (Å²) in [7, 11) is 0. The molecule has 0 unspecified atom stereocenters. The molecule has 2 amide bonds. The van der Waals surface area contributed by atoms with Gasteiger partial charge in [0.1, 0.15) is 0 Å². The number of amides is 2. The average molecular weight is 343 g/mol. The fourth-order valence-corrected chi connectivity index (χ4v) is 3.02. The highest BCUT2D eigenvalue weighted by Crippen LogP contribution is 2.18. The molecule has 2 aromatic carbocycles. The van der Waals surface area contributed by atoms with Crippen molar-refractivity contribution in [3.63, 3.8) is 0 Å². The van der Waals surface area contributed by atoms with Crippen molar-refractivity contribution in [2.45, 2.75) is 19.3 Å². The Kier molecular flexibility index (Phi) is 5.16. The van der Waals surface area contributed by atoms with Gasteiger partial charge in [-0.3, -0.25) is 9.59 Å². The Morgan fingerprint density at radius 1 is 1.00 bits per heavy atom. The maximum Gasteiger partial charge on any atom is 0.253 e. The largest absolute Gasteiger partial charge is 0.339 e. The number of carbonyl (C=O) groups excluding carboxylic acids is 2. The van der Waals surface area contributed by atoms with Crippen LogP contribution in [0, 0.1) is 0 Å². The second-order valence-electron chi connectivity index (χ2n) is 5.89. The van der Waals surface area contributed by atoms with Crippen LogP contribution in [0.25, 0.3) is 0 Å². The Morgan fingerprint density at radius 3 is 2.33 bits per heavy atom. The molecule has 0 radical (unpaired) electrons. The second kappa shape index (κ2) is 7.49. The third kappa shape index (κ3) is 3.95. The molecule has 0 spiro atoms. The van der Waals surface area contributed by atoms with Gasteiger partial charge in [0.15, 0.2) is 0 Å². The van der Waals surface area contributed by atoms with Gasteiger partial charge < -0.3 is 10.2 Å². The molecule has 1 aliphatic rings. The van der Waals surface area contributed by atoms with E-state index in [0.717, 1.165) is 31.5 Å². The van der Waals surface area contributed by atoms with Crippen LogP contribution >= 0.6 is 11.6 Å². The van der Waals surface area contributed by atoms with Crippen LogP contribution in [-0.2, 0) is 11.2 Å². The van der Waals surface area contributed by atoms with E-state index in [9.17, 15) is 9.59 Å². The molecule has 1 fully saturated rings. The SMILES string of the molecule is O=C(Cc1ccccc1Cl)Nc1ccc(C(=O)N2CCCC2)cc1. The van der Waals surface area contributed by atoms with E-state index in [-0.39, 0.29) is 18.2 Å². The number of likely N-dealkylation sites (tertiary alicyclic amines) is 1. The first-order chi connectivity index (χ1) is 11.6. The van der Waals surface area contributed by atoms with E-state index in [2.05, 4.69) is 5.32 Å². The second-order valence-corrected chi connectivity index (χ2v) is 6.30. The molecule has 124 valence electrons. The average Bonchev–Trinajstić information content (AvgIpc) is 3.11.